The van der Waals surface area contributed by atoms with Gasteiger partial charge in [0.1, 0.15) is 0 Å². The number of nitrogens with one attached hydrogen (secondary N) is 1. The van der Waals surface area contributed by atoms with Crippen LogP contribution in [0.5, 0.6) is 0 Å². The molecule has 2 aromatic heterocycles. The molecule has 0 saturated carbocycles. The van der Waals surface area contributed by atoms with Crippen molar-refractivity contribution in [1.82, 2.24) is 24.9 Å². The summed E-state index contributed by atoms with van der Waals surface area (Å²) in [6, 6.07) is 0. The van der Waals surface area contributed by atoms with Crippen molar-refractivity contribution in [2.24, 2.45) is 0 Å². The van der Waals surface area contributed by atoms with Gasteiger partial charge in [-0.2, -0.15) is 4.98 Å². The molecule has 0 fully saturated rings. The number of unbranched alkanes of at least 4 members (excludes halogenated alkanes) is 3. The van der Waals surface area contributed by atoms with Gasteiger partial charge < -0.3 is 5.32 Å². The van der Waals surface area contributed by atoms with Crippen molar-refractivity contribution in [3.8, 4) is 0 Å². The van der Waals surface area contributed by atoms with Crippen molar-refractivity contribution in [2.75, 3.05) is 12.8 Å². The Balaban J connectivity index is 2.05. The van der Waals surface area contributed by atoms with Gasteiger partial charge in [-0.05, 0) is 26.5 Å². The second-order valence-electron chi connectivity index (χ2n) is 5.66. The van der Waals surface area contributed by atoms with Crippen molar-refractivity contribution in [3.05, 3.63) is 17.0 Å². The van der Waals surface area contributed by atoms with E-state index in [-0.39, 0.29) is 5.91 Å². The van der Waals surface area contributed by atoms with E-state index in [0.29, 0.717) is 17.4 Å². The molecule has 0 bridgehead atoms. The van der Waals surface area contributed by atoms with Crippen LogP contribution >= 0.6 is 11.8 Å². The van der Waals surface area contributed by atoms with Gasteiger partial charge in [-0.3, -0.25) is 4.79 Å². The molecule has 7 heteroatoms. The Morgan fingerprint density at radius 1 is 1.22 bits per heavy atom. The quantitative estimate of drug-likeness (QED) is 0.593. The minimum Gasteiger partial charge on any atom is -0.356 e. The number of hydrogen-bond acceptors (Lipinski definition) is 5. The molecule has 0 radical (unpaired) electrons. The molecule has 0 spiro atoms. The first-order valence-electron chi connectivity index (χ1n) is 8.10. The van der Waals surface area contributed by atoms with E-state index in [1.807, 2.05) is 20.1 Å². The first-order valence-corrected chi connectivity index (χ1v) is 9.32. The molecule has 2 heterocycles. The summed E-state index contributed by atoms with van der Waals surface area (Å²) in [5.41, 5.74) is 2.71. The third-order valence-electron chi connectivity index (χ3n) is 3.90. The number of carbonyl (C=O) groups is 1. The number of aryl methyl sites for hydroxylation is 2. The molecule has 1 N–H and O–H groups in total. The van der Waals surface area contributed by atoms with Gasteiger partial charge >= 0.3 is 0 Å². The van der Waals surface area contributed by atoms with Gasteiger partial charge in [-0.25, -0.2) is 9.50 Å². The Kier molecular flexibility index (Phi) is 6.38. The second-order valence-corrected chi connectivity index (χ2v) is 6.43. The average molecular weight is 335 g/mol. The molecule has 2 rings (SSSR count). The van der Waals surface area contributed by atoms with Crippen LogP contribution in [-0.4, -0.2) is 38.3 Å². The molecule has 2 aromatic rings. The summed E-state index contributed by atoms with van der Waals surface area (Å²) in [5.74, 6) is 0.632. The summed E-state index contributed by atoms with van der Waals surface area (Å²) < 4.78 is 1.72. The van der Waals surface area contributed by atoms with E-state index in [9.17, 15) is 4.79 Å². The maximum absolute atomic E-state index is 12.2. The predicted octanol–water partition coefficient (Wildman–Crippen LogP) is 2.70. The Bertz CT molecular complexity index is 683. The molecule has 1 amide bonds. The lowest BCUT2D eigenvalue weighted by atomic mass is 10.1. The van der Waals surface area contributed by atoms with Crippen LogP contribution in [0.15, 0.2) is 5.16 Å². The van der Waals surface area contributed by atoms with Crippen LogP contribution in [-0.2, 0) is 11.2 Å². The molecule has 0 aliphatic heterocycles. The smallest absolute Gasteiger partial charge is 0.253 e. The van der Waals surface area contributed by atoms with Crippen LogP contribution < -0.4 is 5.32 Å². The summed E-state index contributed by atoms with van der Waals surface area (Å²) in [6.07, 6.45) is 6.90. The minimum absolute atomic E-state index is 0.0408. The second kappa shape index (κ2) is 8.29. The van der Waals surface area contributed by atoms with Crippen molar-refractivity contribution >= 4 is 23.4 Å². The predicted molar refractivity (Wildman–Crippen MR) is 92.9 cm³/mol. The van der Waals surface area contributed by atoms with E-state index in [4.69, 9.17) is 0 Å². The molecule has 0 saturated heterocycles. The van der Waals surface area contributed by atoms with Crippen LogP contribution in [0, 0.1) is 13.8 Å². The van der Waals surface area contributed by atoms with Gasteiger partial charge in [0.15, 0.2) is 0 Å². The zero-order valence-corrected chi connectivity index (χ0v) is 15.2. The van der Waals surface area contributed by atoms with Crippen LogP contribution in [0.3, 0.4) is 0 Å². The SMILES string of the molecule is CCCCCCNC(=O)Cc1c(C)nc2nc(SC)nn2c1C. The highest BCUT2D eigenvalue weighted by atomic mass is 32.2. The summed E-state index contributed by atoms with van der Waals surface area (Å²) in [4.78, 5) is 21.0. The first-order chi connectivity index (χ1) is 11.1. The molecule has 0 aliphatic rings. The summed E-state index contributed by atoms with van der Waals surface area (Å²) in [7, 11) is 0. The summed E-state index contributed by atoms with van der Waals surface area (Å²) >= 11 is 1.48. The number of hydrogen-bond donors (Lipinski definition) is 1. The molecule has 0 unspecified atom stereocenters. The molecular weight excluding hydrogens is 310 g/mol. The number of rotatable bonds is 8. The number of thioether (sulfide) groups is 1. The van der Waals surface area contributed by atoms with Crippen molar-refractivity contribution in [1.29, 1.82) is 0 Å². The van der Waals surface area contributed by atoms with Gasteiger partial charge in [0.25, 0.3) is 5.78 Å². The average Bonchev–Trinajstić information content (AvgIpc) is 2.94. The normalized spacial score (nSPS) is 11.1. The number of amides is 1. The zero-order chi connectivity index (χ0) is 16.8. The third-order valence-corrected chi connectivity index (χ3v) is 4.44. The summed E-state index contributed by atoms with van der Waals surface area (Å²) in [5, 5.41) is 8.09. The van der Waals surface area contributed by atoms with Crippen LogP contribution in [0.1, 0.15) is 49.6 Å². The lowest BCUT2D eigenvalue weighted by molar-refractivity contribution is -0.120. The lowest BCUT2D eigenvalue weighted by Gasteiger charge is -2.10. The lowest BCUT2D eigenvalue weighted by Crippen LogP contribution is -2.27. The number of fused-ring (bicyclic) bond motifs is 1. The Morgan fingerprint density at radius 2 is 2.00 bits per heavy atom. The number of carbonyl (C=O) groups excluding carboxylic acids is 1. The molecule has 0 atom stereocenters. The van der Waals surface area contributed by atoms with E-state index in [1.165, 1.54) is 31.0 Å². The van der Waals surface area contributed by atoms with Gasteiger partial charge in [0.05, 0.1) is 6.42 Å². The van der Waals surface area contributed by atoms with Crippen molar-refractivity contribution in [2.45, 2.75) is 58.0 Å². The van der Waals surface area contributed by atoms with Gasteiger partial charge in [-0.15, -0.1) is 5.10 Å². The van der Waals surface area contributed by atoms with E-state index >= 15 is 0 Å². The molecular formula is C16H25N5OS. The van der Waals surface area contributed by atoms with Crippen molar-refractivity contribution in [3.63, 3.8) is 0 Å². The standard InChI is InChI=1S/C16H25N5OS/c1-5-6-7-8-9-17-14(22)10-13-11(2)18-15-19-16(23-4)20-21(15)12(13)3/h5-10H2,1-4H3,(H,17,22). The van der Waals surface area contributed by atoms with Gasteiger partial charge in [0.2, 0.25) is 11.1 Å². The van der Waals surface area contributed by atoms with E-state index in [1.54, 1.807) is 4.52 Å². The third kappa shape index (κ3) is 4.43. The maximum Gasteiger partial charge on any atom is 0.253 e. The Hall–Kier alpha value is -1.63. The van der Waals surface area contributed by atoms with Crippen LogP contribution in [0.4, 0.5) is 0 Å². The highest BCUT2D eigenvalue weighted by Crippen LogP contribution is 2.17. The molecule has 6 nitrogen and oxygen atoms in total. The van der Waals surface area contributed by atoms with Crippen molar-refractivity contribution < 1.29 is 4.79 Å². The molecule has 23 heavy (non-hydrogen) atoms. The Labute approximate surface area is 141 Å². The minimum atomic E-state index is 0.0408. The summed E-state index contributed by atoms with van der Waals surface area (Å²) in [6.45, 7) is 6.81. The highest BCUT2D eigenvalue weighted by Gasteiger charge is 2.15. The maximum atomic E-state index is 12.2. The molecule has 0 aromatic carbocycles. The van der Waals surface area contributed by atoms with Crippen LogP contribution in [0.25, 0.3) is 5.78 Å². The fourth-order valence-electron chi connectivity index (χ4n) is 2.53. The van der Waals surface area contributed by atoms with Gasteiger partial charge in [-0.1, -0.05) is 37.9 Å². The fraction of sp³-hybridized carbons (Fsp3) is 0.625. The highest BCUT2D eigenvalue weighted by molar-refractivity contribution is 7.98. The topological polar surface area (TPSA) is 72.2 Å². The fourth-order valence-corrected chi connectivity index (χ4v) is 2.87. The van der Waals surface area contributed by atoms with E-state index < -0.39 is 0 Å². The van der Waals surface area contributed by atoms with E-state index in [2.05, 4.69) is 27.3 Å². The monoisotopic (exact) mass is 335 g/mol. The largest absolute Gasteiger partial charge is 0.356 e. The number of nitrogens with zero attached hydrogens (tertiary/aromatic N) is 4. The zero-order valence-electron chi connectivity index (χ0n) is 14.3. The van der Waals surface area contributed by atoms with Gasteiger partial charge in [0, 0.05) is 23.5 Å². The van der Waals surface area contributed by atoms with E-state index in [0.717, 1.165) is 29.9 Å². The molecule has 0 aliphatic carbocycles. The Morgan fingerprint density at radius 3 is 2.70 bits per heavy atom. The van der Waals surface area contributed by atoms with Crippen LogP contribution in [0.2, 0.25) is 0 Å². The number of aromatic nitrogens is 4. The molecule has 126 valence electrons. The first kappa shape index (κ1) is 17.7.